The molecule has 0 aliphatic carbocycles. The lowest BCUT2D eigenvalue weighted by molar-refractivity contribution is 0.0611. The first-order valence-electron chi connectivity index (χ1n) is 10.8. The quantitative estimate of drug-likeness (QED) is 0.581. The minimum atomic E-state index is -3.68. The zero-order valence-corrected chi connectivity index (χ0v) is 19.5. The minimum absolute atomic E-state index is 0.149. The number of anilines is 1. The van der Waals surface area contributed by atoms with Crippen LogP contribution in [0.1, 0.15) is 39.4 Å². The highest BCUT2D eigenvalue weighted by atomic mass is 32.2. The molecule has 1 fully saturated rings. The number of fused-ring (bicyclic) bond motifs is 1. The number of aromatic nitrogens is 2. The van der Waals surface area contributed by atoms with Crippen LogP contribution >= 0.6 is 0 Å². The first-order chi connectivity index (χ1) is 14.7. The molecule has 0 atom stereocenters. The summed E-state index contributed by atoms with van der Waals surface area (Å²) in [5.41, 5.74) is 2.18. The highest BCUT2D eigenvalue weighted by molar-refractivity contribution is 7.92. The molecule has 1 aliphatic heterocycles. The van der Waals surface area contributed by atoms with E-state index in [-0.39, 0.29) is 10.3 Å². The molecule has 1 aromatic heterocycles. The molecule has 1 aliphatic rings. The molecule has 0 unspecified atom stereocenters. The van der Waals surface area contributed by atoms with Crippen molar-refractivity contribution in [3.63, 3.8) is 0 Å². The topological polar surface area (TPSA) is 64.4 Å². The van der Waals surface area contributed by atoms with Crippen LogP contribution in [-0.4, -0.2) is 38.2 Å². The van der Waals surface area contributed by atoms with Gasteiger partial charge in [0.25, 0.3) is 10.0 Å². The Morgan fingerprint density at radius 2 is 1.77 bits per heavy atom. The van der Waals surface area contributed by atoms with E-state index >= 15 is 0 Å². The molecule has 0 bridgehead atoms. The van der Waals surface area contributed by atoms with Gasteiger partial charge in [-0.25, -0.2) is 13.4 Å². The van der Waals surface area contributed by atoms with Crippen molar-refractivity contribution in [2.75, 3.05) is 24.6 Å². The van der Waals surface area contributed by atoms with Crippen LogP contribution in [0.3, 0.4) is 0 Å². The number of nitrogens with zero attached hydrogens (tertiary/aromatic N) is 3. The first kappa shape index (κ1) is 21.8. The van der Waals surface area contributed by atoms with Crippen molar-refractivity contribution in [3.05, 3.63) is 54.4 Å². The third-order valence-corrected chi connectivity index (χ3v) is 7.73. The average Bonchev–Trinajstić information content (AvgIpc) is 3.13. The van der Waals surface area contributed by atoms with Gasteiger partial charge in [-0.3, -0.25) is 4.31 Å². The fourth-order valence-corrected chi connectivity index (χ4v) is 5.37. The Morgan fingerprint density at radius 1 is 1.10 bits per heavy atom. The molecule has 0 radical (unpaired) electrons. The van der Waals surface area contributed by atoms with Crippen LogP contribution in [0.4, 0.5) is 5.69 Å². The molecule has 0 N–H and O–H groups in total. The summed E-state index contributed by atoms with van der Waals surface area (Å²) in [4.78, 5) is 5.16. The molecule has 1 saturated heterocycles. The van der Waals surface area contributed by atoms with Crippen LogP contribution < -0.4 is 4.31 Å². The number of imidazole rings is 1. The Morgan fingerprint density at radius 3 is 2.42 bits per heavy atom. The van der Waals surface area contributed by atoms with Gasteiger partial charge in [-0.05, 0) is 49.1 Å². The fourth-order valence-electron chi connectivity index (χ4n) is 4.15. The number of hydrogen-bond acceptors (Lipinski definition) is 4. The summed E-state index contributed by atoms with van der Waals surface area (Å²) in [7, 11) is -2.10. The van der Waals surface area contributed by atoms with Gasteiger partial charge < -0.3 is 9.30 Å². The van der Waals surface area contributed by atoms with Crippen LogP contribution in [0.25, 0.3) is 11.0 Å². The largest absolute Gasteiger partial charge is 0.381 e. The average molecular weight is 442 g/mol. The Bertz CT molecular complexity index is 1160. The van der Waals surface area contributed by atoms with Crippen molar-refractivity contribution in [3.8, 4) is 0 Å². The Hall–Kier alpha value is -2.38. The predicted molar refractivity (Wildman–Crippen MR) is 124 cm³/mol. The number of para-hydroxylation sites is 1. The second-order valence-corrected chi connectivity index (χ2v) is 11.3. The first-order valence-corrected chi connectivity index (χ1v) is 12.2. The van der Waals surface area contributed by atoms with E-state index in [9.17, 15) is 8.42 Å². The van der Waals surface area contributed by atoms with Crippen molar-refractivity contribution in [1.82, 2.24) is 9.55 Å². The maximum absolute atomic E-state index is 13.3. The van der Waals surface area contributed by atoms with Gasteiger partial charge in [0.15, 0.2) is 0 Å². The summed E-state index contributed by atoms with van der Waals surface area (Å²) in [6.07, 6.45) is 2.08. The molecule has 2 aromatic carbocycles. The number of benzene rings is 2. The monoisotopic (exact) mass is 441 g/mol. The zero-order chi connectivity index (χ0) is 22.2. The molecular formula is C24H31N3O3S. The smallest absolute Gasteiger partial charge is 0.264 e. The highest BCUT2D eigenvalue weighted by Gasteiger charge is 2.27. The maximum Gasteiger partial charge on any atom is 0.264 e. The van der Waals surface area contributed by atoms with Crippen molar-refractivity contribution in [1.29, 1.82) is 0 Å². The van der Waals surface area contributed by atoms with Crippen molar-refractivity contribution in [2.45, 2.75) is 50.5 Å². The van der Waals surface area contributed by atoms with E-state index in [1.165, 1.54) is 4.31 Å². The molecule has 3 aromatic rings. The summed E-state index contributed by atoms with van der Waals surface area (Å²) in [5.74, 6) is 1.53. The van der Waals surface area contributed by atoms with Crippen molar-refractivity contribution in [2.24, 2.45) is 5.92 Å². The molecule has 166 valence electrons. The molecule has 0 spiro atoms. The lowest BCUT2D eigenvalue weighted by Gasteiger charge is -2.26. The van der Waals surface area contributed by atoms with Gasteiger partial charge in [0.2, 0.25) is 0 Å². The van der Waals surface area contributed by atoms with Crippen LogP contribution in [0.15, 0.2) is 53.4 Å². The van der Waals surface area contributed by atoms with Gasteiger partial charge >= 0.3 is 0 Å². The summed E-state index contributed by atoms with van der Waals surface area (Å²) in [6, 6.07) is 14.4. The molecular weight excluding hydrogens is 410 g/mol. The molecule has 4 rings (SSSR count). The highest BCUT2D eigenvalue weighted by Crippen LogP contribution is 2.31. The van der Waals surface area contributed by atoms with Gasteiger partial charge in [0, 0.05) is 32.2 Å². The summed E-state index contributed by atoms with van der Waals surface area (Å²) in [6.45, 7) is 8.93. The van der Waals surface area contributed by atoms with Crippen LogP contribution in [0.2, 0.25) is 0 Å². The van der Waals surface area contributed by atoms with Crippen molar-refractivity contribution >= 4 is 26.7 Å². The Kier molecular flexibility index (Phi) is 5.83. The van der Waals surface area contributed by atoms with Gasteiger partial charge in [0.05, 0.1) is 21.6 Å². The number of hydrogen-bond donors (Lipinski definition) is 0. The van der Waals surface area contributed by atoms with Crippen LogP contribution in [-0.2, 0) is 26.7 Å². The van der Waals surface area contributed by atoms with E-state index < -0.39 is 10.0 Å². The van der Waals surface area contributed by atoms with Gasteiger partial charge in [-0.2, -0.15) is 0 Å². The second kappa shape index (κ2) is 8.28. The third-order valence-electron chi connectivity index (χ3n) is 5.95. The molecule has 7 heteroatoms. The van der Waals surface area contributed by atoms with E-state index in [0.717, 1.165) is 49.5 Å². The van der Waals surface area contributed by atoms with E-state index in [0.29, 0.717) is 11.6 Å². The Labute approximate surface area is 184 Å². The molecule has 2 heterocycles. The summed E-state index contributed by atoms with van der Waals surface area (Å²) >= 11 is 0. The number of ether oxygens (including phenoxy) is 1. The molecule has 0 saturated carbocycles. The molecule has 6 nitrogen and oxygen atoms in total. The summed E-state index contributed by atoms with van der Waals surface area (Å²) in [5, 5.41) is 0. The van der Waals surface area contributed by atoms with Gasteiger partial charge in [-0.1, -0.05) is 39.0 Å². The lowest BCUT2D eigenvalue weighted by atomic mass is 9.94. The van der Waals surface area contributed by atoms with Crippen molar-refractivity contribution < 1.29 is 13.2 Å². The van der Waals surface area contributed by atoms with Gasteiger partial charge in [0.1, 0.15) is 5.82 Å². The zero-order valence-electron chi connectivity index (χ0n) is 18.7. The van der Waals surface area contributed by atoms with E-state index in [2.05, 4.69) is 25.3 Å². The normalized spacial score (nSPS) is 16.0. The maximum atomic E-state index is 13.3. The molecule has 0 amide bonds. The third kappa shape index (κ3) is 4.34. The van der Waals surface area contributed by atoms with Gasteiger partial charge in [-0.15, -0.1) is 0 Å². The molecule has 31 heavy (non-hydrogen) atoms. The van der Waals surface area contributed by atoms with E-state index in [1.54, 1.807) is 31.3 Å². The standard InChI is InChI=1S/C24H31N3O3S/c1-24(2,3)23-25-21-16-20(31(28,29)26(4)19-8-6-5-7-9-19)10-11-22(21)27(23)17-18-12-14-30-15-13-18/h5-11,16,18H,12-15,17H2,1-4H3. The second-order valence-electron chi connectivity index (χ2n) is 9.31. The number of rotatable bonds is 5. The summed E-state index contributed by atoms with van der Waals surface area (Å²) < 4.78 is 35.6. The van der Waals surface area contributed by atoms with Crippen LogP contribution in [0.5, 0.6) is 0 Å². The predicted octanol–water partition coefficient (Wildman–Crippen LogP) is 4.59. The SMILES string of the molecule is CN(c1ccccc1)S(=O)(=O)c1ccc2c(c1)nc(C(C)(C)C)n2CC1CCOCC1. The fraction of sp³-hybridized carbons (Fsp3) is 0.458. The minimum Gasteiger partial charge on any atom is -0.381 e. The Balaban J connectivity index is 1.75. The van der Waals surface area contributed by atoms with E-state index in [1.807, 2.05) is 24.3 Å². The lowest BCUT2D eigenvalue weighted by Crippen LogP contribution is -2.26. The van der Waals surface area contributed by atoms with E-state index in [4.69, 9.17) is 9.72 Å². The van der Waals surface area contributed by atoms with Crippen LogP contribution in [0, 0.1) is 5.92 Å². The number of sulfonamides is 1.